The molecule has 0 bridgehead atoms. The van der Waals surface area contributed by atoms with Gasteiger partial charge in [-0.05, 0) is 41.8 Å². The van der Waals surface area contributed by atoms with Crippen molar-refractivity contribution in [2.75, 3.05) is 16.3 Å². The SMILES string of the molecule is CC(C)c1ccccc1Nc1ccc(NS(C)(=O)=O)cc1. The standard InChI is InChI=1S/C16H20N2O2S/c1-12(2)15-6-4-5-7-16(15)17-13-8-10-14(11-9-13)18-21(3,19)20/h4-12,17-18H,1-3H3. The molecule has 0 amide bonds. The first-order chi connectivity index (χ1) is 9.85. The molecular weight excluding hydrogens is 284 g/mol. The van der Waals surface area contributed by atoms with Gasteiger partial charge in [-0.15, -0.1) is 0 Å². The zero-order valence-electron chi connectivity index (χ0n) is 12.4. The summed E-state index contributed by atoms with van der Waals surface area (Å²) < 4.78 is 24.8. The van der Waals surface area contributed by atoms with Crippen LogP contribution in [0.4, 0.5) is 17.1 Å². The monoisotopic (exact) mass is 304 g/mol. The molecule has 2 N–H and O–H groups in total. The minimum absolute atomic E-state index is 0.430. The fraction of sp³-hybridized carbons (Fsp3) is 0.250. The molecule has 0 unspecified atom stereocenters. The predicted octanol–water partition coefficient (Wildman–Crippen LogP) is 3.93. The third kappa shape index (κ3) is 4.49. The van der Waals surface area contributed by atoms with Gasteiger partial charge < -0.3 is 5.32 Å². The normalized spacial score (nSPS) is 11.4. The average molecular weight is 304 g/mol. The molecule has 0 aliphatic heterocycles. The molecule has 0 aliphatic rings. The molecule has 0 saturated heterocycles. The Morgan fingerprint density at radius 3 is 2.05 bits per heavy atom. The Labute approximate surface area is 126 Å². The number of rotatable bonds is 5. The van der Waals surface area contributed by atoms with Gasteiger partial charge >= 0.3 is 0 Å². The van der Waals surface area contributed by atoms with E-state index in [2.05, 4.69) is 30.0 Å². The fourth-order valence-corrected chi connectivity index (χ4v) is 2.67. The summed E-state index contributed by atoms with van der Waals surface area (Å²) in [5.74, 6) is 0.430. The molecule has 2 aromatic rings. The molecule has 0 saturated carbocycles. The highest BCUT2D eigenvalue weighted by atomic mass is 32.2. The zero-order valence-corrected chi connectivity index (χ0v) is 13.2. The highest BCUT2D eigenvalue weighted by Crippen LogP contribution is 2.27. The van der Waals surface area contributed by atoms with Crippen LogP contribution in [0.5, 0.6) is 0 Å². The van der Waals surface area contributed by atoms with Crippen molar-refractivity contribution in [3.63, 3.8) is 0 Å². The maximum absolute atomic E-state index is 11.2. The van der Waals surface area contributed by atoms with Gasteiger partial charge in [0.1, 0.15) is 0 Å². The van der Waals surface area contributed by atoms with Crippen molar-refractivity contribution < 1.29 is 8.42 Å². The minimum Gasteiger partial charge on any atom is -0.355 e. The molecule has 5 heteroatoms. The second-order valence-corrected chi connectivity index (χ2v) is 7.07. The van der Waals surface area contributed by atoms with E-state index >= 15 is 0 Å². The van der Waals surface area contributed by atoms with Crippen molar-refractivity contribution in [1.82, 2.24) is 0 Å². The molecule has 0 spiro atoms. The second kappa shape index (κ2) is 6.18. The van der Waals surface area contributed by atoms with Gasteiger partial charge in [0.15, 0.2) is 0 Å². The van der Waals surface area contributed by atoms with E-state index in [1.165, 1.54) is 5.56 Å². The van der Waals surface area contributed by atoms with Crippen molar-refractivity contribution in [2.45, 2.75) is 19.8 Å². The number of sulfonamides is 1. The Morgan fingerprint density at radius 1 is 0.905 bits per heavy atom. The summed E-state index contributed by atoms with van der Waals surface area (Å²) in [5, 5.41) is 3.37. The first-order valence-electron chi connectivity index (χ1n) is 6.79. The number of benzene rings is 2. The summed E-state index contributed by atoms with van der Waals surface area (Å²) in [4.78, 5) is 0. The molecular formula is C16H20N2O2S. The Bertz CT molecular complexity index is 707. The highest BCUT2D eigenvalue weighted by Gasteiger charge is 2.06. The minimum atomic E-state index is -3.24. The van der Waals surface area contributed by atoms with E-state index in [9.17, 15) is 8.42 Å². The Balaban J connectivity index is 2.18. The summed E-state index contributed by atoms with van der Waals surface area (Å²) in [7, 11) is -3.24. The summed E-state index contributed by atoms with van der Waals surface area (Å²) >= 11 is 0. The maximum Gasteiger partial charge on any atom is 0.229 e. The first-order valence-corrected chi connectivity index (χ1v) is 8.68. The lowest BCUT2D eigenvalue weighted by molar-refractivity contribution is 0.607. The van der Waals surface area contributed by atoms with Gasteiger partial charge in [-0.2, -0.15) is 0 Å². The second-order valence-electron chi connectivity index (χ2n) is 5.32. The molecule has 112 valence electrons. The zero-order chi connectivity index (χ0) is 15.5. The van der Waals surface area contributed by atoms with Crippen LogP contribution in [-0.4, -0.2) is 14.7 Å². The van der Waals surface area contributed by atoms with Crippen LogP contribution in [-0.2, 0) is 10.0 Å². The van der Waals surface area contributed by atoms with E-state index in [0.29, 0.717) is 11.6 Å². The van der Waals surface area contributed by atoms with Crippen LogP contribution in [0.1, 0.15) is 25.3 Å². The fourth-order valence-electron chi connectivity index (χ4n) is 2.11. The van der Waals surface area contributed by atoms with Crippen LogP contribution in [0.25, 0.3) is 0 Å². The van der Waals surface area contributed by atoms with E-state index in [1.807, 2.05) is 30.3 Å². The number of hydrogen-bond acceptors (Lipinski definition) is 3. The summed E-state index contributed by atoms with van der Waals surface area (Å²) in [6.45, 7) is 4.30. The predicted molar refractivity (Wildman–Crippen MR) is 88.7 cm³/mol. The topological polar surface area (TPSA) is 58.2 Å². The van der Waals surface area contributed by atoms with Gasteiger partial charge in [-0.25, -0.2) is 8.42 Å². The van der Waals surface area contributed by atoms with Crippen LogP contribution in [0, 0.1) is 0 Å². The van der Waals surface area contributed by atoms with Crippen molar-refractivity contribution >= 4 is 27.1 Å². The van der Waals surface area contributed by atoms with Crippen molar-refractivity contribution in [3.8, 4) is 0 Å². The summed E-state index contributed by atoms with van der Waals surface area (Å²) in [5.41, 5.74) is 3.79. The van der Waals surface area contributed by atoms with Gasteiger partial charge in [0, 0.05) is 17.1 Å². The third-order valence-electron chi connectivity index (χ3n) is 3.05. The molecule has 0 aromatic heterocycles. The lowest BCUT2D eigenvalue weighted by Crippen LogP contribution is -2.09. The van der Waals surface area contributed by atoms with Crippen LogP contribution in [0.2, 0.25) is 0 Å². The number of hydrogen-bond donors (Lipinski definition) is 2. The molecule has 0 heterocycles. The largest absolute Gasteiger partial charge is 0.355 e. The first kappa shape index (κ1) is 15.4. The van der Waals surface area contributed by atoms with Crippen LogP contribution >= 0.6 is 0 Å². The van der Waals surface area contributed by atoms with Gasteiger partial charge in [-0.3, -0.25) is 4.72 Å². The van der Waals surface area contributed by atoms with Gasteiger partial charge in [-0.1, -0.05) is 32.0 Å². The molecule has 0 fully saturated rings. The Kier molecular flexibility index (Phi) is 4.53. The summed E-state index contributed by atoms with van der Waals surface area (Å²) in [6, 6.07) is 15.3. The van der Waals surface area contributed by atoms with E-state index < -0.39 is 10.0 Å². The van der Waals surface area contributed by atoms with Crippen molar-refractivity contribution in [1.29, 1.82) is 0 Å². The Hall–Kier alpha value is -2.01. The van der Waals surface area contributed by atoms with E-state index in [-0.39, 0.29) is 0 Å². The average Bonchev–Trinajstić information content (AvgIpc) is 2.40. The maximum atomic E-state index is 11.2. The van der Waals surface area contributed by atoms with Gasteiger partial charge in [0.05, 0.1) is 6.26 Å². The smallest absolute Gasteiger partial charge is 0.229 e. The molecule has 21 heavy (non-hydrogen) atoms. The molecule has 0 atom stereocenters. The molecule has 0 aliphatic carbocycles. The number of para-hydroxylation sites is 1. The molecule has 2 aromatic carbocycles. The number of anilines is 3. The molecule has 2 rings (SSSR count). The van der Waals surface area contributed by atoms with Crippen molar-refractivity contribution in [3.05, 3.63) is 54.1 Å². The highest BCUT2D eigenvalue weighted by molar-refractivity contribution is 7.92. The summed E-state index contributed by atoms with van der Waals surface area (Å²) in [6.07, 6.45) is 1.14. The quantitative estimate of drug-likeness (QED) is 0.880. The molecule has 4 nitrogen and oxygen atoms in total. The lowest BCUT2D eigenvalue weighted by Gasteiger charge is -2.15. The van der Waals surface area contributed by atoms with Crippen LogP contribution < -0.4 is 10.0 Å². The van der Waals surface area contributed by atoms with Gasteiger partial charge in [0.2, 0.25) is 10.0 Å². The number of nitrogens with one attached hydrogen (secondary N) is 2. The van der Waals surface area contributed by atoms with E-state index in [0.717, 1.165) is 17.6 Å². The van der Waals surface area contributed by atoms with Gasteiger partial charge in [0.25, 0.3) is 0 Å². The van der Waals surface area contributed by atoms with E-state index in [4.69, 9.17) is 0 Å². The Morgan fingerprint density at radius 2 is 1.48 bits per heavy atom. The third-order valence-corrected chi connectivity index (χ3v) is 3.66. The van der Waals surface area contributed by atoms with Crippen molar-refractivity contribution in [2.24, 2.45) is 0 Å². The lowest BCUT2D eigenvalue weighted by atomic mass is 10.0. The molecule has 0 radical (unpaired) electrons. The van der Waals surface area contributed by atoms with Crippen LogP contribution in [0.15, 0.2) is 48.5 Å². The van der Waals surface area contributed by atoms with Crippen LogP contribution in [0.3, 0.4) is 0 Å². The van der Waals surface area contributed by atoms with E-state index in [1.54, 1.807) is 12.1 Å².